The summed E-state index contributed by atoms with van der Waals surface area (Å²) in [6, 6.07) is 4.10. The summed E-state index contributed by atoms with van der Waals surface area (Å²) in [6.07, 6.45) is 3.73. The zero-order chi connectivity index (χ0) is 15.1. The summed E-state index contributed by atoms with van der Waals surface area (Å²) in [5, 5.41) is 11.5. The number of piperidine rings is 1. The fourth-order valence-corrected chi connectivity index (χ4v) is 3.49. The van der Waals surface area contributed by atoms with Crippen molar-refractivity contribution in [2.45, 2.75) is 38.3 Å². The first kappa shape index (κ1) is 16.0. The Morgan fingerprint density at radius 1 is 1.52 bits per heavy atom. The van der Waals surface area contributed by atoms with Gasteiger partial charge in [0.15, 0.2) is 0 Å². The quantitative estimate of drug-likeness (QED) is 0.831. The molecule has 1 aromatic heterocycles. The highest BCUT2D eigenvalue weighted by molar-refractivity contribution is 7.12. The van der Waals surface area contributed by atoms with Gasteiger partial charge in [0.2, 0.25) is 5.91 Å². The van der Waals surface area contributed by atoms with Crippen molar-refractivity contribution >= 4 is 17.2 Å². The number of thiophene rings is 1. The van der Waals surface area contributed by atoms with Crippen LogP contribution in [-0.4, -0.2) is 42.2 Å². The van der Waals surface area contributed by atoms with Crippen molar-refractivity contribution in [1.82, 2.24) is 10.2 Å². The summed E-state index contributed by atoms with van der Waals surface area (Å²) >= 11 is 1.67. The zero-order valence-corrected chi connectivity index (χ0v) is 13.2. The summed E-state index contributed by atoms with van der Waals surface area (Å²) in [4.78, 5) is 16.5. The number of carbonyl (C=O) groups is 1. The molecule has 21 heavy (non-hydrogen) atoms. The molecule has 0 radical (unpaired) electrons. The Bertz CT molecular complexity index is 530. The van der Waals surface area contributed by atoms with Crippen molar-refractivity contribution < 1.29 is 9.90 Å². The number of likely N-dealkylation sites (tertiary alicyclic amines) is 1. The monoisotopic (exact) mass is 306 g/mol. The third-order valence-electron chi connectivity index (χ3n) is 3.63. The van der Waals surface area contributed by atoms with E-state index >= 15 is 0 Å². The first-order chi connectivity index (χ1) is 10.2. The number of hydrogen-bond donors (Lipinski definition) is 2. The van der Waals surface area contributed by atoms with Crippen LogP contribution in [0.1, 0.15) is 35.4 Å². The van der Waals surface area contributed by atoms with Crippen LogP contribution in [0.5, 0.6) is 0 Å². The van der Waals surface area contributed by atoms with E-state index in [0.29, 0.717) is 6.42 Å². The number of aliphatic hydroxyl groups excluding tert-OH is 1. The normalized spacial score (nSPS) is 18.9. The van der Waals surface area contributed by atoms with Gasteiger partial charge in [-0.3, -0.25) is 9.69 Å². The van der Waals surface area contributed by atoms with Gasteiger partial charge in [-0.1, -0.05) is 18.3 Å². The molecule has 1 aliphatic heterocycles. The summed E-state index contributed by atoms with van der Waals surface area (Å²) in [7, 11) is 1.70. The first-order valence-electron chi connectivity index (χ1n) is 7.38. The molecule has 1 unspecified atom stereocenters. The second-order valence-electron chi connectivity index (χ2n) is 5.14. The number of aliphatic hydroxyl groups is 1. The topological polar surface area (TPSA) is 52.6 Å². The molecule has 0 spiro atoms. The van der Waals surface area contributed by atoms with Gasteiger partial charge in [0.25, 0.3) is 0 Å². The Labute approximate surface area is 130 Å². The smallest absolute Gasteiger partial charge is 0.237 e. The van der Waals surface area contributed by atoms with Gasteiger partial charge in [0.05, 0.1) is 17.5 Å². The zero-order valence-electron chi connectivity index (χ0n) is 12.4. The van der Waals surface area contributed by atoms with Crippen molar-refractivity contribution in [1.29, 1.82) is 0 Å². The molecular formula is C16H22N2O2S. The van der Waals surface area contributed by atoms with Gasteiger partial charge < -0.3 is 10.4 Å². The van der Waals surface area contributed by atoms with E-state index in [1.54, 1.807) is 18.4 Å². The minimum atomic E-state index is -0.00484. The van der Waals surface area contributed by atoms with E-state index in [1.165, 1.54) is 4.88 Å². The lowest BCUT2D eigenvalue weighted by atomic mass is 10.0. The highest BCUT2D eigenvalue weighted by Crippen LogP contribution is 2.23. The standard InChI is InChI=1S/C16H22N2O2S/c1-17-16(20)15-7-2-4-10-18(15)12-14-9-8-13(21-14)6-3-5-11-19/h8-9,15,19H,2,4-5,7,10-12H2,1H3,(H,17,20). The minimum Gasteiger partial charge on any atom is -0.395 e. The summed E-state index contributed by atoms with van der Waals surface area (Å²) < 4.78 is 0. The molecular weight excluding hydrogens is 284 g/mol. The van der Waals surface area contributed by atoms with Crippen LogP contribution >= 0.6 is 11.3 Å². The maximum absolute atomic E-state index is 12.0. The SMILES string of the molecule is CNC(=O)C1CCCCN1Cc1ccc(C#CCCO)s1. The van der Waals surface area contributed by atoms with Gasteiger partial charge in [-0.05, 0) is 31.5 Å². The van der Waals surface area contributed by atoms with Crippen molar-refractivity contribution in [2.24, 2.45) is 0 Å². The fourth-order valence-electron chi connectivity index (χ4n) is 2.58. The molecule has 2 N–H and O–H groups in total. The van der Waals surface area contributed by atoms with Crippen LogP contribution in [-0.2, 0) is 11.3 Å². The lowest BCUT2D eigenvalue weighted by Crippen LogP contribution is -2.48. The van der Waals surface area contributed by atoms with Crippen LogP contribution in [0.15, 0.2) is 12.1 Å². The second-order valence-corrected chi connectivity index (χ2v) is 6.31. The molecule has 1 saturated heterocycles. The fraction of sp³-hybridized carbons (Fsp3) is 0.562. The number of nitrogens with zero attached hydrogens (tertiary/aromatic N) is 1. The highest BCUT2D eigenvalue weighted by Gasteiger charge is 2.28. The highest BCUT2D eigenvalue weighted by atomic mass is 32.1. The molecule has 2 rings (SSSR count). The number of hydrogen-bond acceptors (Lipinski definition) is 4. The van der Waals surface area contributed by atoms with Gasteiger partial charge >= 0.3 is 0 Å². The van der Waals surface area contributed by atoms with Gasteiger partial charge in [-0.15, -0.1) is 11.3 Å². The molecule has 0 aliphatic carbocycles. The molecule has 1 aromatic rings. The summed E-state index contributed by atoms with van der Waals surface area (Å²) in [6.45, 7) is 1.89. The number of rotatable bonds is 4. The van der Waals surface area contributed by atoms with E-state index in [4.69, 9.17) is 5.11 Å². The van der Waals surface area contributed by atoms with E-state index in [-0.39, 0.29) is 18.6 Å². The largest absolute Gasteiger partial charge is 0.395 e. The van der Waals surface area contributed by atoms with Crippen LogP contribution in [0.3, 0.4) is 0 Å². The number of likely N-dealkylation sites (N-methyl/N-ethyl adjacent to an activating group) is 1. The minimum absolute atomic E-state index is 0.00484. The number of amides is 1. The lowest BCUT2D eigenvalue weighted by Gasteiger charge is -2.33. The molecule has 0 saturated carbocycles. The Hall–Kier alpha value is -1.35. The first-order valence-corrected chi connectivity index (χ1v) is 8.20. The van der Waals surface area contributed by atoms with E-state index in [0.717, 1.165) is 37.2 Å². The summed E-state index contributed by atoms with van der Waals surface area (Å²) in [5.41, 5.74) is 0. The average Bonchev–Trinajstić information content (AvgIpc) is 2.95. The van der Waals surface area contributed by atoms with Crippen molar-refractivity contribution in [3.8, 4) is 11.8 Å². The van der Waals surface area contributed by atoms with E-state index < -0.39 is 0 Å². The van der Waals surface area contributed by atoms with Crippen molar-refractivity contribution in [2.75, 3.05) is 20.2 Å². The van der Waals surface area contributed by atoms with Gasteiger partial charge in [0.1, 0.15) is 0 Å². The molecule has 1 fully saturated rings. The van der Waals surface area contributed by atoms with Crippen LogP contribution in [0.25, 0.3) is 0 Å². The molecule has 2 heterocycles. The predicted octanol–water partition coefficient (Wildman–Crippen LogP) is 1.58. The molecule has 4 nitrogen and oxygen atoms in total. The number of nitrogens with one attached hydrogen (secondary N) is 1. The molecule has 114 valence electrons. The third kappa shape index (κ3) is 4.57. The second kappa shape index (κ2) is 8.18. The maximum Gasteiger partial charge on any atom is 0.237 e. The molecule has 5 heteroatoms. The van der Waals surface area contributed by atoms with Gasteiger partial charge in [-0.25, -0.2) is 0 Å². The Balaban J connectivity index is 1.99. The van der Waals surface area contributed by atoms with E-state index in [2.05, 4.69) is 28.1 Å². The van der Waals surface area contributed by atoms with Crippen LogP contribution in [0.2, 0.25) is 0 Å². The van der Waals surface area contributed by atoms with E-state index in [1.807, 2.05) is 6.07 Å². The Morgan fingerprint density at radius 3 is 3.14 bits per heavy atom. The van der Waals surface area contributed by atoms with E-state index in [9.17, 15) is 4.79 Å². The summed E-state index contributed by atoms with van der Waals surface area (Å²) in [5.74, 6) is 6.12. The third-order valence-corrected chi connectivity index (χ3v) is 4.62. The van der Waals surface area contributed by atoms with Crippen molar-refractivity contribution in [3.05, 3.63) is 21.9 Å². The van der Waals surface area contributed by atoms with Crippen LogP contribution < -0.4 is 5.32 Å². The average molecular weight is 306 g/mol. The molecule has 1 atom stereocenters. The Kier molecular flexibility index (Phi) is 6.24. The van der Waals surface area contributed by atoms with Gasteiger partial charge in [0, 0.05) is 24.9 Å². The molecule has 1 amide bonds. The van der Waals surface area contributed by atoms with Crippen LogP contribution in [0, 0.1) is 11.8 Å². The van der Waals surface area contributed by atoms with Crippen LogP contribution in [0.4, 0.5) is 0 Å². The molecule has 0 aromatic carbocycles. The Morgan fingerprint density at radius 2 is 2.38 bits per heavy atom. The molecule has 1 aliphatic rings. The lowest BCUT2D eigenvalue weighted by molar-refractivity contribution is -0.127. The maximum atomic E-state index is 12.0. The molecule has 0 bridgehead atoms. The number of carbonyl (C=O) groups excluding carboxylic acids is 1. The van der Waals surface area contributed by atoms with Crippen molar-refractivity contribution in [3.63, 3.8) is 0 Å². The predicted molar refractivity (Wildman–Crippen MR) is 85.0 cm³/mol. The van der Waals surface area contributed by atoms with Gasteiger partial charge in [-0.2, -0.15) is 0 Å².